The first-order valence-corrected chi connectivity index (χ1v) is 27.9. The van der Waals surface area contributed by atoms with Gasteiger partial charge in [-0.05, 0) is 70.7 Å². The number of benzene rings is 2. The molecule has 0 amide bonds. The van der Waals surface area contributed by atoms with E-state index in [4.69, 9.17) is 9.47 Å². The first-order chi connectivity index (χ1) is 30.0. The van der Waals surface area contributed by atoms with Crippen molar-refractivity contribution in [2.45, 2.75) is 118 Å². The lowest BCUT2D eigenvalue weighted by Crippen LogP contribution is -2.44. The fraction of sp³-hybridized carbons (Fsp3) is 0.375. The number of carbonyl (C=O) groups excluding carboxylic acids is 2. The summed E-state index contributed by atoms with van der Waals surface area (Å²) in [6.45, 7) is 15.6. The van der Waals surface area contributed by atoms with Crippen LogP contribution in [-0.4, -0.2) is 57.4 Å². The highest BCUT2D eigenvalue weighted by Gasteiger charge is 2.47. The predicted molar refractivity (Wildman–Crippen MR) is 248 cm³/mol. The van der Waals surface area contributed by atoms with Crippen LogP contribution in [0.3, 0.4) is 0 Å². The van der Waals surface area contributed by atoms with Crippen molar-refractivity contribution < 1.29 is 46.8 Å². The van der Waals surface area contributed by atoms with Crippen LogP contribution in [0.15, 0.2) is 46.0 Å². The summed E-state index contributed by atoms with van der Waals surface area (Å²) in [7, 11) is -4.34. The molecule has 4 aliphatic rings. The second-order valence-corrected chi connectivity index (χ2v) is 28.8. The first kappa shape index (κ1) is 48.1. The number of esters is 2. The van der Waals surface area contributed by atoms with Crippen molar-refractivity contribution in [3.8, 4) is 22.8 Å². The van der Waals surface area contributed by atoms with E-state index < -0.39 is 62.6 Å². The molecule has 4 aliphatic heterocycles. The number of carbonyl (C=O) groups is 2. The lowest BCUT2D eigenvalue weighted by Gasteiger charge is -2.31. The number of aliphatic hydroxyl groups is 2. The van der Waals surface area contributed by atoms with Gasteiger partial charge >= 0.3 is 11.9 Å². The van der Waals surface area contributed by atoms with E-state index in [0.717, 1.165) is 22.9 Å². The Balaban J connectivity index is 0.000000191. The van der Waals surface area contributed by atoms with Crippen molar-refractivity contribution in [1.82, 2.24) is 19.1 Å². The lowest BCUT2D eigenvalue weighted by molar-refractivity contribution is -0.172. The molecule has 0 saturated heterocycles. The zero-order chi connectivity index (χ0) is 46.3. The third kappa shape index (κ3) is 6.72. The van der Waals surface area contributed by atoms with Gasteiger partial charge in [0, 0.05) is 21.9 Å². The molecule has 2 N–H and O–H groups in total. The number of pyridine rings is 4. The first-order valence-electron chi connectivity index (χ1n) is 20.9. The summed E-state index contributed by atoms with van der Waals surface area (Å²) < 4.78 is 71.2. The predicted octanol–water partition coefficient (Wildman–Crippen LogP) is 7.08. The van der Waals surface area contributed by atoms with Gasteiger partial charge in [0.1, 0.15) is 18.7 Å². The lowest BCUT2D eigenvalue weighted by atomic mass is 9.86. The van der Waals surface area contributed by atoms with E-state index in [1.165, 1.54) is 15.2 Å². The fourth-order valence-electron chi connectivity index (χ4n) is 9.88. The van der Waals surface area contributed by atoms with Crippen molar-refractivity contribution in [3.63, 3.8) is 0 Å². The van der Waals surface area contributed by atoms with Gasteiger partial charge in [-0.1, -0.05) is 68.0 Å². The van der Waals surface area contributed by atoms with Crippen molar-refractivity contribution in [1.29, 1.82) is 0 Å². The maximum atomic E-state index is 15.0. The van der Waals surface area contributed by atoms with Gasteiger partial charge < -0.3 is 28.8 Å². The molecule has 348 valence electrons. The Hall–Kier alpha value is -5.83. The molecule has 10 rings (SSSR count). The molecule has 4 aromatic heterocycles. The molecule has 0 radical (unpaired) electrons. The van der Waals surface area contributed by atoms with E-state index in [1.54, 1.807) is 32.0 Å². The monoisotopic (exact) mass is 944 g/mol. The number of fused-ring (bicyclic) bond motifs is 10. The zero-order valence-corrected chi connectivity index (χ0v) is 38.4. The molecule has 0 fully saturated rings. The Labute approximate surface area is 379 Å². The third-order valence-electron chi connectivity index (χ3n) is 13.0. The van der Waals surface area contributed by atoms with Gasteiger partial charge in [0.25, 0.3) is 11.1 Å². The van der Waals surface area contributed by atoms with Gasteiger partial charge in [-0.15, -0.1) is 0 Å². The van der Waals surface area contributed by atoms with Crippen LogP contribution in [0.25, 0.3) is 44.6 Å². The molecule has 0 bridgehead atoms. The molecule has 2 atom stereocenters. The molecule has 66 heavy (non-hydrogen) atoms. The quantitative estimate of drug-likeness (QED) is 0.106. The van der Waals surface area contributed by atoms with Crippen molar-refractivity contribution in [2.24, 2.45) is 0 Å². The highest BCUT2D eigenvalue weighted by atomic mass is 28.3. The molecule has 0 unspecified atom stereocenters. The van der Waals surface area contributed by atoms with E-state index >= 15 is 0 Å². The number of aromatic nitrogens is 4. The normalized spacial score (nSPS) is 18.9. The Morgan fingerprint density at radius 1 is 0.636 bits per heavy atom. The van der Waals surface area contributed by atoms with Gasteiger partial charge in [0.2, 0.25) is 0 Å². The SMILES string of the molecule is C.C.CC[C@@]1(O)C(=O)OCc2c1cc1n(c2=O)Cc2c-1nc1c(F)c(F)ccc1c2[Si](C)(C)C.CC[C@@]1(O)C(=O)OCc2c1cc1n(c2=O)Cc2c-1nc1ccc(F)c(F)c1c2[Si](C)(C)C. The summed E-state index contributed by atoms with van der Waals surface area (Å²) in [4.78, 5) is 60.5. The van der Waals surface area contributed by atoms with Gasteiger partial charge in [-0.3, -0.25) is 9.59 Å². The van der Waals surface area contributed by atoms with Crippen LogP contribution in [-0.2, 0) is 56.6 Å². The molecule has 8 heterocycles. The van der Waals surface area contributed by atoms with Gasteiger partial charge in [-0.2, -0.15) is 0 Å². The number of nitrogens with zero attached hydrogens (tertiary/aromatic N) is 4. The standard InChI is InChI=1S/2C23H22F2N2O4Si.2CH4/c1-5-23(30)13-8-16-19-11(9-27(16)21(28)12(13)10-31-22(23)29)20(32(2,3)4)17-15(26-19)7-6-14(24)18(17)25;1-5-23(30)14-8-16-18-12(9-27(16)21(28)13(14)10-31-22(23)29)20(32(2,3)4)11-6-7-15(24)17(25)19(11)26-18;;/h2*6-8,30H,5,9-10H2,1-4H3;2*1H4/t2*23-;;/m00../s1. The number of hydrogen-bond acceptors (Lipinski definition) is 10. The van der Waals surface area contributed by atoms with Crippen LogP contribution in [0.1, 0.15) is 74.9 Å². The van der Waals surface area contributed by atoms with E-state index in [0.29, 0.717) is 44.4 Å². The summed E-state index contributed by atoms with van der Waals surface area (Å²) in [5.41, 5.74) is -0.320. The van der Waals surface area contributed by atoms with Gasteiger partial charge in [0.15, 0.2) is 34.5 Å². The summed E-state index contributed by atoms with van der Waals surface area (Å²) in [6, 6.07) is 8.35. The minimum atomic E-state index is -2.23. The second kappa shape index (κ2) is 15.9. The van der Waals surface area contributed by atoms with Crippen molar-refractivity contribution in [3.05, 3.63) is 114 Å². The number of ether oxygens (including phenoxy) is 2. The Morgan fingerprint density at radius 2 is 1.08 bits per heavy atom. The molecule has 0 aliphatic carbocycles. The van der Waals surface area contributed by atoms with Crippen LogP contribution in [0.5, 0.6) is 0 Å². The second-order valence-electron chi connectivity index (χ2n) is 18.8. The molecule has 6 aromatic rings. The van der Waals surface area contributed by atoms with E-state index in [-0.39, 0.29) is 98.3 Å². The highest BCUT2D eigenvalue weighted by molar-refractivity contribution is 6.91. The fourth-order valence-corrected chi connectivity index (χ4v) is 14.1. The van der Waals surface area contributed by atoms with Gasteiger partial charge in [0.05, 0.1) is 68.7 Å². The molecular formula is C48H52F4N4O8Si2. The minimum absolute atomic E-state index is 0. The highest BCUT2D eigenvalue weighted by Crippen LogP contribution is 2.41. The average molecular weight is 945 g/mol. The molecule has 12 nitrogen and oxygen atoms in total. The smallest absolute Gasteiger partial charge is 0.343 e. The van der Waals surface area contributed by atoms with Crippen LogP contribution < -0.4 is 21.5 Å². The Kier molecular flexibility index (Phi) is 11.6. The Bertz CT molecular complexity index is 3250. The summed E-state index contributed by atoms with van der Waals surface area (Å²) in [6.07, 6.45) is 0.0735. The van der Waals surface area contributed by atoms with Crippen LogP contribution >= 0.6 is 0 Å². The third-order valence-corrected chi connectivity index (χ3v) is 17.1. The topological polar surface area (TPSA) is 163 Å². The van der Waals surface area contributed by atoms with Crippen molar-refractivity contribution >= 4 is 60.3 Å². The zero-order valence-electron chi connectivity index (χ0n) is 36.4. The van der Waals surface area contributed by atoms with Crippen molar-refractivity contribution in [2.75, 3.05) is 0 Å². The average Bonchev–Trinajstić information content (AvgIpc) is 3.80. The number of hydrogen-bond donors (Lipinski definition) is 2. The molecular weight excluding hydrogens is 893 g/mol. The molecule has 2 aromatic carbocycles. The Morgan fingerprint density at radius 3 is 1.55 bits per heavy atom. The number of cyclic esters (lactones) is 2. The van der Waals surface area contributed by atoms with Crippen LogP contribution in [0.2, 0.25) is 39.3 Å². The van der Waals surface area contributed by atoms with E-state index in [9.17, 15) is 47.0 Å². The van der Waals surface area contributed by atoms with E-state index in [2.05, 4.69) is 29.6 Å². The summed E-state index contributed by atoms with van der Waals surface area (Å²) in [5.74, 6) is -5.49. The summed E-state index contributed by atoms with van der Waals surface area (Å²) >= 11 is 0. The molecule has 0 spiro atoms. The largest absolute Gasteiger partial charge is 0.458 e. The maximum absolute atomic E-state index is 15.0. The maximum Gasteiger partial charge on any atom is 0.343 e. The van der Waals surface area contributed by atoms with Crippen LogP contribution in [0, 0.1) is 23.3 Å². The molecule has 18 heteroatoms. The van der Waals surface area contributed by atoms with E-state index in [1.807, 2.05) is 19.6 Å². The van der Waals surface area contributed by atoms with Gasteiger partial charge in [-0.25, -0.2) is 37.1 Å². The number of halogens is 4. The summed E-state index contributed by atoms with van der Waals surface area (Å²) in [5, 5.41) is 24.3. The minimum Gasteiger partial charge on any atom is -0.458 e. The van der Waals surface area contributed by atoms with Crippen LogP contribution in [0.4, 0.5) is 17.6 Å². The number of rotatable bonds is 4. The molecule has 0 saturated carbocycles.